The van der Waals surface area contributed by atoms with Crippen molar-refractivity contribution in [2.45, 2.75) is 32.9 Å². The molecule has 2 atom stereocenters. The number of likely N-dealkylation sites (N-methyl/N-ethyl adjacent to an activating group) is 1. The van der Waals surface area contributed by atoms with E-state index in [0.29, 0.717) is 6.04 Å². The van der Waals surface area contributed by atoms with Crippen molar-refractivity contribution in [2.24, 2.45) is 0 Å². The minimum atomic E-state index is -0.380. The van der Waals surface area contributed by atoms with E-state index >= 15 is 0 Å². The van der Waals surface area contributed by atoms with Gasteiger partial charge in [0, 0.05) is 31.4 Å². The Bertz CT molecular complexity index is 375. The average molecular weight is 248 g/mol. The largest absolute Gasteiger partial charge is 0.389 e. The Kier molecular flexibility index (Phi) is 4.25. The van der Waals surface area contributed by atoms with Crippen LogP contribution in [0.2, 0.25) is 0 Å². The lowest BCUT2D eigenvalue weighted by atomic mass is 10.1. The number of aliphatic hydroxyl groups excluding tert-OH is 1. The van der Waals surface area contributed by atoms with Crippen LogP contribution in [0.1, 0.15) is 32.4 Å². The fraction of sp³-hybridized carbons (Fsp3) is 0.600. The Morgan fingerprint density at radius 2 is 1.94 bits per heavy atom. The summed E-state index contributed by atoms with van der Waals surface area (Å²) in [6, 6.07) is 8.90. The minimum Gasteiger partial charge on any atom is -0.389 e. The molecule has 0 aromatic heterocycles. The Morgan fingerprint density at radius 1 is 1.28 bits per heavy atom. The van der Waals surface area contributed by atoms with Gasteiger partial charge in [-0.1, -0.05) is 19.1 Å². The zero-order chi connectivity index (χ0) is 13.1. The van der Waals surface area contributed by atoms with E-state index in [0.717, 1.165) is 31.7 Å². The summed E-state index contributed by atoms with van der Waals surface area (Å²) < 4.78 is 0. The fourth-order valence-electron chi connectivity index (χ4n) is 2.66. The molecule has 3 heteroatoms. The number of hydrogen-bond acceptors (Lipinski definition) is 3. The van der Waals surface area contributed by atoms with Crippen molar-refractivity contribution in [2.75, 3.05) is 31.1 Å². The van der Waals surface area contributed by atoms with Crippen molar-refractivity contribution in [3.8, 4) is 0 Å². The first kappa shape index (κ1) is 13.4. The van der Waals surface area contributed by atoms with Crippen LogP contribution in [-0.4, -0.2) is 42.2 Å². The number of benzene rings is 1. The molecule has 1 heterocycles. The third-order valence-corrected chi connectivity index (χ3v) is 3.91. The number of hydrogen-bond donors (Lipinski definition) is 1. The summed E-state index contributed by atoms with van der Waals surface area (Å²) in [7, 11) is 0. The maximum absolute atomic E-state index is 9.51. The Balaban J connectivity index is 2.04. The van der Waals surface area contributed by atoms with E-state index in [1.165, 1.54) is 5.69 Å². The molecule has 0 radical (unpaired) electrons. The van der Waals surface area contributed by atoms with E-state index in [4.69, 9.17) is 0 Å². The Labute approximate surface area is 110 Å². The maximum atomic E-state index is 9.51. The van der Waals surface area contributed by atoms with Crippen molar-refractivity contribution < 1.29 is 5.11 Å². The summed E-state index contributed by atoms with van der Waals surface area (Å²) in [4.78, 5) is 4.95. The van der Waals surface area contributed by atoms with E-state index in [-0.39, 0.29) is 6.10 Å². The zero-order valence-corrected chi connectivity index (χ0v) is 11.6. The molecule has 1 fully saturated rings. The van der Waals surface area contributed by atoms with Crippen LogP contribution in [0, 0.1) is 0 Å². The highest BCUT2D eigenvalue weighted by Gasteiger charge is 2.22. The van der Waals surface area contributed by atoms with E-state index in [9.17, 15) is 5.11 Å². The monoisotopic (exact) mass is 248 g/mol. The molecule has 0 spiro atoms. The smallest absolute Gasteiger partial charge is 0.0761 e. The van der Waals surface area contributed by atoms with Crippen molar-refractivity contribution in [1.82, 2.24) is 4.90 Å². The summed E-state index contributed by atoms with van der Waals surface area (Å²) in [5, 5.41) is 9.51. The van der Waals surface area contributed by atoms with Gasteiger partial charge in [0.25, 0.3) is 0 Å². The van der Waals surface area contributed by atoms with Gasteiger partial charge in [-0.2, -0.15) is 0 Å². The summed E-state index contributed by atoms with van der Waals surface area (Å²) in [5.74, 6) is 0. The molecular weight excluding hydrogens is 224 g/mol. The SMILES string of the molecule is CCN1CCN(c2ccc([C@@H](C)O)cc2)CC1C. The van der Waals surface area contributed by atoms with Crippen LogP contribution in [0.25, 0.3) is 0 Å². The van der Waals surface area contributed by atoms with Crippen LogP contribution in [-0.2, 0) is 0 Å². The predicted molar refractivity (Wildman–Crippen MR) is 76.0 cm³/mol. The topological polar surface area (TPSA) is 26.7 Å². The molecule has 1 N–H and O–H groups in total. The van der Waals surface area contributed by atoms with Crippen LogP contribution in [0.4, 0.5) is 5.69 Å². The molecule has 1 aromatic rings. The third kappa shape index (κ3) is 2.85. The van der Waals surface area contributed by atoms with Crippen molar-refractivity contribution in [3.05, 3.63) is 29.8 Å². The molecule has 0 bridgehead atoms. The van der Waals surface area contributed by atoms with Gasteiger partial charge >= 0.3 is 0 Å². The molecule has 2 rings (SSSR count). The molecular formula is C15H24N2O. The Morgan fingerprint density at radius 3 is 2.44 bits per heavy atom. The predicted octanol–water partition coefficient (Wildman–Crippen LogP) is 2.27. The quantitative estimate of drug-likeness (QED) is 0.889. The summed E-state index contributed by atoms with van der Waals surface area (Å²) in [5.41, 5.74) is 2.25. The highest BCUT2D eigenvalue weighted by Crippen LogP contribution is 2.21. The number of piperazine rings is 1. The normalized spacial score (nSPS) is 23.1. The molecule has 100 valence electrons. The second-order valence-corrected chi connectivity index (χ2v) is 5.19. The summed E-state index contributed by atoms with van der Waals surface area (Å²) in [6.45, 7) is 10.8. The van der Waals surface area contributed by atoms with Crippen molar-refractivity contribution in [1.29, 1.82) is 0 Å². The second-order valence-electron chi connectivity index (χ2n) is 5.19. The van der Waals surface area contributed by atoms with E-state index in [2.05, 4.69) is 35.8 Å². The molecule has 1 aliphatic heterocycles. The average Bonchev–Trinajstić information content (AvgIpc) is 2.38. The molecule has 0 aliphatic carbocycles. The van der Waals surface area contributed by atoms with Crippen molar-refractivity contribution >= 4 is 5.69 Å². The lowest BCUT2D eigenvalue weighted by Crippen LogP contribution is -2.51. The van der Waals surface area contributed by atoms with Gasteiger partial charge in [-0.3, -0.25) is 4.90 Å². The molecule has 18 heavy (non-hydrogen) atoms. The van der Waals surface area contributed by atoms with Gasteiger partial charge < -0.3 is 10.0 Å². The Hall–Kier alpha value is -1.06. The number of nitrogens with zero attached hydrogens (tertiary/aromatic N) is 2. The van der Waals surface area contributed by atoms with Gasteiger partial charge in [0.1, 0.15) is 0 Å². The van der Waals surface area contributed by atoms with E-state index < -0.39 is 0 Å². The van der Waals surface area contributed by atoms with Crippen molar-refractivity contribution in [3.63, 3.8) is 0 Å². The van der Waals surface area contributed by atoms with Gasteiger partial charge in [0.05, 0.1) is 6.10 Å². The standard InChI is InChI=1S/C15H24N2O/c1-4-16-9-10-17(11-12(16)2)15-7-5-14(6-8-15)13(3)18/h5-8,12-13,18H,4,9-11H2,1-3H3/t12?,13-/m1/s1. The molecule has 1 aromatic carbocycles. The van der Waals surface area contributed by atoms with Gasteiger partial charge in [-0.25, -0.2) is 0 Å². The first-order valence-electron chi connectivity index (χ1n) is 6.89. The fourth-order valence-corrected chi connectivity index (χ4v) is 2.66. The molecule has 1 unspecified atom stereocenters. The number of aliphatic hydroxyl groups is 1. The van der Waals surface area contributed by atoms with E-state index in [1.807, 2.05) is 12.1 Å². The van der Waals surface area contributed by atoms with Crippen LogP contribution in [0.5, 0.6) is 0 Å². The van der Waals surface area contributed by atoms with Gasteiger partial charge in [0.2, 0.25) is 0 Å². The van der Waals surface area contributed by atoms with Crippen LogP contribution in [0.15, 0.2) is 24.3 Å². The molecule has 1 saturated heterocycles. The minimum absolute atomic E-state index is 0.380. The highest BCUT2D eigenvalue weighted by atomic mass is 16.3. The van der Waals surface area contributed by atoms with Crippen LogP contribution >= 0.6 is 0 Å². The lowest BCUT2D eigenvalue weighted by Gasteiger charge is -2.40. The first-order valence-corrected chi connectivity index (χ1v) is 6.89. The molecule has 0 saturated carbocycles. The van der Waals surface area contributed by atoms with Gasteiger partial charge in [0.15, 0.2) is 0 Å². The summed E-state index contributed by atoms with van der Waals surface area (Å²) >= 11 is 0. The molecule has 3 nitrogen and oxygen atoms in total. The number of anilines is 1. The molecule has 1 aliphatic rings. The maximum Gasteiger partial charge on any atom is 0.0761 e. The van der Waals surface area contributed by atoms with Crippen LogP contribution < -0.4 is 4.90 Å². The lowest BCUT2D eigenvalue weighted by molar-refractivity contribution is 0.198. The molecule has 0 amide bonds. The summed E-state index contributed by atoms with van der Waals surface area (Å²) in [6.07, 6.45) is -0.380. The van der Waals surface area contributed by atoms with Gasteiger partial charge in [-0.05, 0) is 38.1 Å². The van der Waals surface area contributed by atoms with Crippen LogP contribution in [0.3, 0.4) is 0 Å². The first-order chi connectivity index (χ1) is 8.61. The second kappa shape index (κ2) is 5.72. The number of rotatable bonds is 3. The highest BCUT2D eigenvalue weighted by molar-refractivity contribution is 5.48. The third-order valence-electron chi connectivity index (χ3n) is 3.91. The zero-order valence-electron chi connectivity index (χ0n) is 11.6. The van der Waals surface area contributed by atoms with Gasteiger partial charge in [-0.15, -0.1) is 0 Å². The van der Waals surface area contributed by atoms with E-state index in [1.54, 1.807) is 6.92 Å².